The minimum absolute atomic E-state index is 0.105. The van der Waals surface area contributed by atoms with E-state index in [4.69, 9.17) is 4.74 Å². The quantitative estimate of drug-likeness (QED) is 0.711. The van der Waals surface area contributed by atoms with Gasteiger partial charge in [0.25, 0.3) is 0 Å². The van der Waals surface area contributed by atoms with E-state index in [1.54, 1.807) is 12.1 Å². The van der Waals surface area contributed by atoms with Crippen LogP contribution in [0.25, 0.3) is 0 Å². The van der Waals surface area contributed by atoms with E-state index >= 15 is 0 Å². The van der Waals surface area contributed by atoms with Crippen molar-refractivity contribution >= 4 is 27.3 Å². The predicted molar refractivity (Wildman–Crippen MR) is 121 cm³/mol. The molecule has 166 valence electrons. The summed E-state index contributed by atoms with van der Waals surface area (Å²) < 4.78 is 33.4. The highest BCUT2D eigenvalue weighted by Gasteiger charge is 2.31. The summed E-state index contributed by atoms with van der Waals surface area (Å²) in [4.78, 5) is 15.0. The van der Waals surface area contributed by atoms with Gasteiger partial charge in [-0.05, 0) is 62.9 Å². The Labute approximate surface area is 184 Å². The minimum atomic E-state index is -3.67. The molecule has 2 heterocycles. The van der Waals surface area contributed by atoms with Crippen LogP contribution in [0.15, 0.2) is 47.4 Å². The molecular weight excluding hydrogens is 414 g/mol. The van der Waals surface area contributed by atoms with E-state index in [-0.39, 0.29) is 23.4 Å². The second-order valence-electron chi connectivity index (χ2n) is 8.06. The number of anilines is 2. The number of sulfonamides is 1. The summed E-state index contributed by atoms with van der Waals surface area (Å²) in [6, 6.07) is 13.2. The molecule has 1 amide bonds. The Morgan fingerprint density at radius 3 is 2.65 bits per heavy atom. The molecule has 2 aromatic rings. The fourth-order valence-electron chi connectivity index (χ4n) is 4.36. The summed E-state index contributed by atoms with van der Waals surface area (Å²) in [7, 11) is -3.67. The van der Waals surface area contributed by atoms with Gasteiger partial charge in [0.05, 0.1) is 13.2 Å². The molecule has 1 fully saturated rings. The number of rotatable bonds is 7. The van der Waals surface area contributed by atoms with E-state index in [0.29, 0.717) is 31.1 Å². The molecule has 1 atom stereocenters. The highest BCUT2D eigenvalue weighted by atomic mass is 32.2. The largest absolute Gasteiger partial charge is 0.492 e. The third-order valence-electron chi connectivity index (χ3n) is 5.87. The van der Waals surface area contributed by atoms with Crippen LogP contribution in [-0.4, -0.2) is 50.9 Å². The number of carbonyl (C=O) groups is 1. The van der Waals surface area contributed by atoms with Gasteiger partial charge in [0.1, 0.15) is 10.6 Å². The standard InChI is InChI=1S/C23H29N3O4S/c1-3-30-21-11-10-19(15-22(21)31(28,29)25-12-6-7-13-25)24-23(27)16-26-17(2)14-18-8-4-5-9-20(18)26/h4-5,8-11,15,17H,3,6-7,12-14,16H2,1-2H3,(H,24,27)/t17-/m1/s1. The molecular formula is C23H29N3O4S. The summed E-state index contributed by atoms with van der Waals surface area (Å²) in [5, 5.41) is 2.87. The van der Waals surface area contributed by atoms with E-state index in [9.17, 15) is 13.2 Å². The number of para-hydroxylation sites is 1. The zero-order chi connectivity index (χ0) is 22.0. The predicted octanol–water partition coefficient (Wildman–Crippen LogP) is 3.26. The van der Waals surface area contributed by atoms with Crippen LogP contribution in [0, 0.1) is 0 Å². The Morgan fingerprint density at radius 2 is 1.90 bits per heavy atom. The van der Waals surface area contributed by atoms with E-state index in [1.807, 2.05) is 25.1 Å². The summed E-state index contributed by atoms with van der Waals surface area (Å²) >= 11 is 0. The average molecular weight is 444 g/mol. The number of fused-ring (bicyclic) bond motifs is 1. The summed E-state index contributed by atoms with van der Waals surface area (Å²) in [5.41, 5.74) is 2.77. The van der Waals surface area contributed by atoms with Gasteiger partial charge in [-0.1, -0.05) is 18.2 Å². The number of hydrogen-bond acceptors (Lipinski definition) is 5. The van der Waals surface area contributed by atoms with E-state index in [2.05, 4.69) is 23.2 Å². The lowest BCUT2D eigenvalue weighted by Gasteiger charge is -2.24. The van der Waals surface area contributed by atoms with E-state index in [0.717, 1.165) is 24.9 Å². The number of amides is 1. The van der Waals surface area contributed by atoms with Gasteiger partial charge in [-0.3, -0.25) is 4.79 Å². The molecule has 0 aromatic heterocycles. The number of nitrogens with zero attached hydrogens (tertiary/aromatic N) is 2. The van der Waals surface area contributed by atoms with Gasteiger partial charge in [0.2, 0.25) is 15.9 Å². The smallest absolute Gasteiger partial charge is 0.246 e. The molecule has 0 unspecified atom stereocenters. The molecule has 7 nitrogen and oxygen atoms in total. The van der Waals surface area contributed by atoms with Crippen LogP contribution >= 0.6 is 0 Å². The molecule has 0 bridgehead atoms. The highest BCUT2D eigenvalue weighted by Crippen LogP contribution is 2.33. The van der Waals surface area contributed by atoms with Crippen LogP contribution in [-0.2, 0) is 21.2 Å². The highest BCUT2D eigenvalue weighted by molar-refractivity contribution is 7.89. The molecule has 31 heavy (non-hydrogen) atoms. The molecule has 0 saturated carbocycles. The second kappa shape index (κ2) is 8.88. The zero-order valence-corrected chi connectivity index (χ0v) is 18.8. The number of hydrogen-bond donors (Lipinski definition) is 1. The van der Waals surface area contributed by atoms with Crippen molar-refractivity contribution in [1.29, 1.82) is 0 Å². The molecule has 0 spiro atoms. The molecule has 0 radical (unpaired) electrons. The van der Waals surface area contributed by atoms with Crippen LogP contribution in [0.4, 0.5) is 11.4 Å². The van der Waals surface area contributed by atoms with Gasteiger partial charge in [-0.15, -0.1) is 0 Å². The Bertz CT molecular complexity index is 1060. The van der Waals surface area contributed by atoms with Crippen molar-refractivity contribution in [2.45, 2.75) is 44.0 Å². The molecule has 2 aliphatic rings. The van der Waals surface area contributed by atoms with Crippen molar-refractivity contribution < 1.29 is 17.9 Å². The Morgan fingerprint density at radius 1 is 1.16 bits per heavy atom. The summed E-state index contributed by atoms with van der Waals surface area (Å²) in [6.45, 7) is 5.51. The van der Waals surface area contributed by atoms with Gasteiger partial charge in [-0.25, -0.2) is 8.42 Å². The van der Waals surface area contributed by atoms with Crippen LogP contribution in [0.5, 0.6) is 5.75 Å². The third kappa shape index (κ3) is 4.41. The number of carbonyl (C=O) groups excluding carboxylic acids is 1. The first-order valence-electron chi connectivity index (χ1n) is 10.8. The molecule has 8 heteroatoms. The molecule has 4 rings (SSSR count). The van der Waals surface area contributed by atoms with Crippen molar-refractivity contribution in [1.82, 2.24) is 4.31 Å². The Kier molecular flexibility index (Phi) is 6.20. The zero-order valence-electron chi connectivity index (χ0n) is 18.0. The fraction of sp³-hybridized carbons (Fsp3) is 0.435. The maximum atomic E-state index is 13.2. The SMILES string of the molecule is CCOc1ccc(NC(=O)CN2c3ccccc3C[C@H]2C)cc1S(=O)(=O)N1CCCC1. The van der Waals surface area contributed by atoms with E-state index in [1.165, 1.54) is 15.9 Å². The third-order valence-corrected chi connectivity index (χ3v) is 7.79. The molecule has 0 aliphatic carbocycles. The minimum Gasteiger partial charge on any atom is -0.492 e. The fourth-order valence-corrected chi connectivity index (χ4v) is 6.03. The first-order chi connectivity index (χ1) is 14.9. The van der Waals surface area contributed by atoms with Gasteiger partial charge < -0.3 is 15.0 Å². The number of nitrogens with one attached hydrogen (secondary N) is 1. The first kappa shape index (κ1) is 21.6. The van der Waals surface area contributed by atoms with Gasteiger partial charge in [0, 0.05) is 30.5 Å². The monoisotopic (exact) mass is 443 g/mol. The van der Waals surface area contributed by atoms with Crippen LogP contribution in [0.1, 0.15) is 32.3 Å². The van der Waals surface area contributed by atoms with Crippen LogP contribution in [0.3, 0.4) is 0 Å². The molecule has 1 saturated heterocycles. The lowest BCUT2D eigenvalue weighted by atomic mass is 10.1. The second-order valence-corrected chi connectivity index (χ2v) is 9.97. The van der Waals surface area contributed by atoms with Crippen molar-refractivity contribution in [2.24, 2.45) is 0 Å². The lowest BCUT2D eigenvalue weighted by molar-refractivity contribution is -0.115. The summed E-state index contributed by atoms with van der Waals surface area (Å²) in [6.07, 6.45) is 2.62. The molecule has 1 N–H and O–H groups in total. The number of benzene rings is 2. The van der Waals surface area contributed by atoms with Gasteiger partial charge >= 0.3 is 0 Å². The Hall–Kier alpha value is -2.58. The maximum Gasteiger partial charge on any atom is 0.246 e. The Balaban J connectivity index is 1.54. The normalized spacial score (nSPS) is 18.8. The molecule has 2 aromatic carbocycles. The van der Waals surface area contributed by atoms with Crippen molar-refractivity contribution in [3.8, 4) is 5.75 Å². The van der Waals surface area contributed by atoms with Crippen molar-refractivity contribution in [3.63, 3.8) is 0 Å². The van der Waals surface area contributed by atoms with E-state index < -0.39 is 10.0 Å². The first-order valence-corrected chi connectivity index (χ1v) is 12.3. The molecule has 2 aliphatic heterocycles. The summed E-state index contributed by atoms with van der Waals surface area (Å²) in [5.74, 6) is 0.131. The lowest BCUT2D eigenvalue weighted by Crippen LogP contribution is -2.37. The topological polar surface area (TPSA) is 79.0 Å². The van der Waals surface area contributed by atoms with Crippen molar-refractivity contribution in [3.05, 3.63) is 48.0 Å². The van der Waals surface area contributed by atoms with Crippen LogP contribution < -0.4 is 15.0 Å². The van der Waals surface area contributed by atoms with Crippen LogP contribution in [0.2, 0.25) is 0 Å². The van der Waals surface area contributed by atoms with Gasteiger partial charge in [0.15, 0.2) is 0 Å². The number of ether oxygens (including phenoxy) is 1. The maximum absolute atomic E-state index is 13.2. The van der Waals surface area contributed by atoms with Gasteiger partial charge in [-0.2, -0.15) is 4.31 Å². The average Bonchev–Trinajstić information content (AvgIpc) is 3.39. The van der Waals surface area contributed by atoms with Crippen molar-refractivity contribution in [2.75, 3.05) is 36.5 Å².